The van der Waals surface area contributed by atoms with E-state index in [-0.39, 0.29) is 5.66 Å². The van der Waals surface area contributed by atoms with Crippen molar-refractivity contribution in [2.24, 2.45) is 0 Å². The Bertz CT molecular complexity index is 264. The average molecular weight is 200 g/mol. The van der Waals surface area contributed by atoms with Crippen molar-refractivity contribution >= 4 is 7.37 Å². The van der Waals surface area contributed by atoms with Crippen LogP contribution in [0.3, 0.4) is 0 Å². The Morgan fingerprint density at radius 2 is 1.92 bits per heavy atom. The molecule has 3 heteroatoms. The molecule has 1 N–H and O–H groups in total. The topological polar surface area (TPSA) is 37.3 Å². The Balaban J connectivity index is 2.08. The number of rotatable bonds is 2. The molecule has 0 heterocycles. The molecule has 0 saturated heterocycles. The van der Waals surface area contributed by atoms with Gasteiger partial charge in [0.2, 0.25) is 7.37 Å². The molecule has 1 fully saturated rings. The second-order valence-electron chi connectivity index (χ2n) is 4.15. The maximum Gasteiger partial charge on any atom is 0.228 e. The van der Waals surface area contributed by atoms with Gasteiger partial charge in [-0.05, 0) is 25.7 Å². The lowest BCUT2D eigenvalue weighted by Gasteiger charge is -2.30. The standard InChI is InChI=1S/C10H17O2P/c11-13(12,10-7-4-8-10)9-5-2-1-3-6-9/h7,9H,1-6,8H2,(H,11,12). The minimum Gasteiger partial charge on any atom is -0.341 e. The van der Waals surface area contributed by atoms with Crippen LogP contribution in [0.2, 0.25) is 0 Å². The summed E-state index contributed by atoms with van der Waals surface area (Å²) in [6.07, 6.45) is 9.28. The number of hydrogen-bond donors (Lipinski definition) is 1. The molecule has 0 spiro atoms. The van der Waals surface area contributed by atoms with Crippen LogP contribution in [0.15, 0.2) is 11.4 Å². The predicted octanol–water partition coefficient (Wildman–Crippen LogP) is 3.27. The lowest BCUT2D eigenvalue weighted by molar-refractivity contribution is 0.425. The lowest BCUT2D eigenvalue weighted by Crippen LogP contribution is -2.15. The third kappa shape index (κ3) is 1.75. The molecule has 0 aliphatic heterocycles. The van der Waals surface area contributed by atoms with Gasteiger partial charge in [-0.25, -0.2) is 0 Å². The zero-order chi connectivity index (χ0) is 9.31. The van der Waals surface area contributed by atoms with E-state index >= 15 is 0 Å². The Morgan fingerprint density at radius 3 is 2.38 bits per heavy atom. The fraction of sp³-hybridized carbons (Fsp3) is 0.800. The van der Waals surface area contributed by atoms with Crippen LogP contribution >= 0.6 is 7.37 Å². The Hall–Kier alpha value is -0.0700. The van der Waals surface area contributed by atoms with Gasteiger partial charge in [0, 0.05) is 11.0 Å². The summed E-state index contributed by atoms with van der Waals surface area (Å²) in [7, 11) is -2.91. The highest BCUT2D eigenvalue weighted by molar-refractivity contribution is 7.63. The predicted molar refractivity (Wildman–Crippen MR) is 54.0 cm³/mol. The molecule has 0 amide bonds. The summed E-state index contributed by atoms with van der Waals surface area (Å²) in [5.41, 5.74) is 0.0906. The molecule has 74 valence electrons. The van der Waals surface area contributed by atoms with Gasteiger partial charge in [-0.2, -0.15) is 0 Å². The molecule has 0 radical (unpaired) electrons. The summed E-state index contributed by atoms with van der Waals surface area (Å²) < 4.78 is 12.0. The van der Waals surface area contributed by atoms with Crippen LogP contribution in [0.4, 0.5) is 0 Å². The normalized spacial score (nSPS) is 28.8. The molecule has 2 aliphatic carbocycles. The van der Waals surface area contributed by atoms with Crippen molar-refractivity contribution in [2.45, 2.75) is 50.6 Å². The largest absolute Gasteiger partial charge is 0.341 e. The Morgan fingerprint density at radius 1 is 1.31 bits per heavy atom. The highest BCUT2D eigenvalue weighted by atomic mass is 31.2. The minimum atomic E-state index is -2.91. The van der Waals surface area contributed by atoms with Crippen molar-refractivity contribution in [1.29, 1.82) is 0 Å². The van der Waals surface area contributed by atoms with Gasteiger partial charge in [0.25, 0.3) is 0 Å². The van der Waals surface area contributed by atoms with Crippen molar-refractivity contribution in [1.82, 2.24) is 0 Å². The number of hydrogen-bond acceptors (Lipinski definition) is 1. The van der Waals surface area contributed by atoms with Crippen molar-refractivity contribution in [2.75, 3.05) is 0 Å². The van der Waals surface area contributed by atoms with Gasteiger partial charge in [0.05, 0.1) is 0 Å². The van der Waals surface area contributed by atoms with Crippen LogP contribution in [-0.2, 0) is 4.57 Å². The summed E-state index contributed by atoms with van der Waals surface area (Å²) >= 11 is 0. The smallest absolute Gasteiger partial charge is 0.228 e. The van der Waals surface area contributed by atoms with E-state index < -0.39 is 7.37 Å². The molecule has 1 saturated carbocycles. The second-order valence-corrected chi connectivity index (χ2v) is 6.70. The van der Waals surface area contributed by atoms with Crippen LogP contribution < -0.4 is 0 Å². The van der Waals surface area contributed by atoms with Gasteiger partial charge >= 0.3 is 0 Å². The van der Waals surface area contributed by atoms with E-state index in [1.54, 1.807) is 0 Å². The molecule has 2 aliphatic rings. The molecule has 0 aromatic rings. The van der Waals surface area contributed by atoms with Gasteiger partial charge in [-0.3, -0.25) is 4.57 Å². The van der Waals surface area contributed by atoms with E-state index in [1.165, 1.54) is 6.42 Å². The average Bonchev–Trinajstić information content (AvgIpc) is 2.02. The number of allylic oxidation sites excluding steroid dienone is 2. The van der Waals surface area contributed by atoms with E-state index in [9.17, 15) is 9.46 Å². The molecule has 1 atom stereocenters. The van der Waals surface area contributed by atoms with E-state index in [0.717, 1.165) is 43.8 Å². The highest BCUT2D eigenvalue weighted by Crippen LogP contribution is 2.62. The lowest BCUT2D eigenvalue weighted by atomic mass is 10.0. The summed E-state index contributed by atoms with van der Waals surface area (Å²) in [6, 6.07) is 0. The van der Waals surface area contributed by atoms with Crippen LogP contribution in [0.5, 0.6) is 0 Å². The summed E-state index contributed by atoms with van der Waals surface area (Å²) in [4.78, 5) is 9.95. The van der Waals surface area contributed by atoms with Crippen LogP contribution in [-0.4, -0.2) is 10.6 Å². The Kier molecular flexibility index (Phi) is 2.62. The first-order chi connectivity index (χ1) is 6.21. The fourth-order valence-electron chi connectivity index (χ4n) is 2.23. The molecule has 1 unspecified atom stereocenters. The van der Waals surface area contributed by atoms with Crippen LogP contribution in [0.25, 0.3) is 0 Å². The third-order valence-corrected chi connectivity index (χ3v) is 6.00. The monoisotopic (exact) mass is 200 g/mol. The molecule has 13 heavy (non-hydrogen) atoms. The Labute approximate surface area is 79.5 Å². The fourth-order valence-corrected chi connectivity index (χ4v) is 4.60. The SMILES string of the molecule is O=P(O)(C1=CCC1)C1CCCCC1. The third-order valence-electron chi connectivity index (χ3n) is 3.26. The van der Waals surface area contributed by atoms with Gasteiger partial charge in [-0.1, -0.05) is 25.3 Å². The molecular formula is C10H17O2P. The zero-order valence-corrected chi connectivity index (χ0v) is 8.80. The molecular weight excluding hydrogens is 183 g/mol. The van der Waals surface area contributed by atoms with Gasteiger partial charge < -0.3 is 4.89 Å². The summed E-state index contributed by atoms with van der Waals surface area (Å²) in [6.45, 7) is 0. The van der Waals surface area contributed by atoms with Crippen molar-refractivity contribution in [3.63, 3.8) is 0 Å². The maximum absolute atomic E-state index is 12.0. The van der Waals surface area contributed by atoms with Gasteiger partial charge in [-0.15, -0.1) is 0 Å². The first-order valence-electron chi connectivity index (χ1n) is 5.23. The van der Waals surface area contributed by atoms with Crippen molar-refractivity contribution in [3.8, 4) is 0 Å². The second kappa shape index (κ2) is 3.59. The quantitative estimate of drug-likeness (QED) is 0.694. The van der Waals surface area contributed by atoms with Crippen molar-refractivity contribution < 1.29 is 9.46 Å². The minimum absolute atomic E-state index is 0.0906. The molecule has 0 bridgehead atoms. The maximum atomic E-state index is 12.0. The van der Waals surface area contributed by atoms with Crippen LogP contribution in [0, 0.1) is 0 Å². The summed E-state index contributed by atoms with van der Waals surface area (Å²) in [5.74, 6) is 0. The van der Waals surface area contributed by atoms with Crippen LogP contribution in [0.1, 0.15) is 44.9 Å². The van der Waals surface area contributed by atoms with E-state index in [4.69, 9.17) is 0 Å². The molecule has 2 rings (SSSR count). The molecule has 2 nitrogen and oxygen atoms in total. The zero-order valence-electron chi connectivity index (χ0n) is 7.91. The van der Waals surface area contributed by atoms with E-state index in [0.29, 0.717) is 0 Å². The van der Waals surface area contributed by atoms with Gasteiger partial charge in [0.1, 0.15) is 0 Å². The molecule has 0 aromatic carbocycles. The molecule has 0 aromatic heterocycles. The van der Waals surface area contributed by atoms with Gasteiger partial charge in [0.15, 0.2) is 0 Å². The summed E-state index contributed by atoms with van der Waals surface area (Å²) in [5, 5.41) is 0.861. The first-order valence-corrected chi connectivity index (χ1v) is 6.96. The van der Waals surface area contributed by atoms with E-state index in [2.05, 4.69) is 0 Å². The first kappa shape index (κ1) is 9.48. The van der Waals surface area contributed by atoms with E-state index in [1.807, 2.05) is 6.08 Å². The highest BCUT2D eigenvalue weighted by Gasteiger charge is 2.36. The van der Waals surface area contributed by atoms with Crippen molar-refractivity contribution in [3.05, 3.63) is 11.4 Å².